The maximum atomic E-state index is 5.98. The summed E-state index contributed by atoms with van der Waals surface area (Å²) >= 11 is 5.94. The number of nitrogens with zero attached hydrogens (tertiary/aromatic N) is 2. The highest BCUT2D eigenvalue weighted by atomic mass is 35.5. The van der Waals surface area contributed by atoms with Crippen LogP contribution in [0.25, 0.3) is 0 Å². The molecule has 1 aliphatic rings. The van der Waals surface area contributed by atoms with Crippen LogP contribution in [0.15, 0.2) is 12.1 Å². The van der Waals surface area contributed by atoms with Crippen LogP contribution in [0.5, 0.6) is 0 Å². The summed E-state index contributed by atoms with van der Waals surface area (Å²) in [4.78, 5) is 6.54. The van der Waals surface area contributed by atoms with Crippen LogP contribution in [0.3, 0.4) is 0 Å². The van der Waals surface area contributed by atoms with Crippen molar-refractivity contribution in [2.45, 2.75) is 32.4 Å². The van der Waals surface area contributed by atoms with E-state index in [-0.39, 0.29) is 6.10 Å². The third-order valence-corrected chi connectivity index (χ3v) is 3.29. The number of morpholine rings is 1. The smallest absolute Gasteiger partial charge is 0.153 e. The van der Waals surface area contributed by atoms with Gasteiger partial charge in [0.25, 0.3) is 0 Å². The third-order valence-electron chi connectivity index (χ3n) is 3.08. The second-order valence-corrected chi connectivity index (χ2v) is 4.79. The Bertz CT molecular complexity index is 399. The van der Waals surface area contributed by atoms with Crippen LogP contribution in [0.2, 0.25) is 5.15 Å². The molecule has 0 bridgehead atoms. The topological polar surface area (TPSA) is 51.4 Å². The second-order valence-electron chi connectivity index (χ2n) is 4.41. The number of hydrogen-bond acceptors (Lipinski definition) is 4. The van der Waals surface area contributed by atoms with Crippen LogP contribution < -0.4 is 10.6 Å². The van der Waals surface area contributed by atoms with Gasteiger partial charge in [0.1, 0.15) is 5.15 Å². The monoisotopic (exact) mass is 255 g/mol. The van der Waals surface area contributed by atoms with E-state index < -0.39 is 0 Å². The van der Waals surface area contributed by atoms with E-state index in [0.717, 1.165) is 18.8 Å². The molecule has 0 amide bonds. The fraction of sp³-hybridized carbons (Fsp3) is 0.583. The largest absolute Gasteiger partial charge is 0.396 e. The van der Waals surface area contributed by atoms with Crippen molar-refractivity contribution in [2.24, 2.45) is 0 Å². The Hall–Kier alpha value is -1.00. The van der Waals surface area contributed by atoms with Crippen LogP contribution in [0.4, 0.5) is 11.5 Å². The Morgan fingerprint density at radius 1 is 1.59 bits per heavy atom. The van der Waals surface area contributed by atoms with E-state index in [4.69, 9.17) is 22.1 Å². The average Bonchev–Trinajstić information content (AvgIpc) is 2.32. The zero-order chi connectivity index (χ0) is 12.4. The summed E-state index contributed by atoms with van der Waals surface area (Å²) in [6.45, 7) is 5.71. The van der Waals surface area contributed by atoms with Gasteiger partial charge in [-0.1, -0.05) is 18.5 Å². The molecule has 5 heteroatoms. The van der Waals surface area contributed by atoms with Crippen molar-refractivity contribution in [3.05, 3.63) is 17.3 Å². The van der Waals surface area contributed by atoms with Crippen molar-refractivity contribution < 1.29 is 4.74 Å². The first-order chi connectivity index (χ1) is 8.11. The maximum Gasteiger partial charge on any atom is 0.153 e. The van der Waals surface area contributed by atoms with E-state index in [1.54, 1.807) is 12.1 Å². The SMILES string of the molecule is CCC1COC(C)CN1c1nc(Cl)ccc1N. The standard InChI is InChI=1S/C12H18ClN3O/c1-3-9-7-17-8(2)6-16(9)12-10(14)4-5-11(13)15-12/h4-5,8-9H,3,6-7,14H2,1-2H3. The minimum atomic E-state index is 0.193. The Kier molecular flexibility index (Phi) is 3.74. The van der Waals surface area contributed by atoms with Gasteiger partial charge in [-0.3, -0.25) is 0 Å². The number of nitrogen functional groups attached to an aromatic ring is 1. The van der Waals surface area contributed by atoms with Gasteiger partial charge >= 0.3 is 0 Å². The van der Waals surface area contributed by atoms with Crippen molar-refractivity contribution in [2.75, 3.05) is 23.8 Å². The molecule has 0 saturated carbocycles. The molecule has 4 nitrogen and oxygen atoms in total. The Labute approximate surface area is 107 Å². The molecule has 2 rings (SSSR count). The lowest BCUT2D eigenvalue weighted by atomic mass is 10.1. The second kappa shape index (κ2) is 5.10. The highest BCUT2D eigenvalue weighted by Crippen LogP contribution is 2.28. The van der Waals surface area contributed by atoms with Crippen molar-refractivity contribution in [3.63, 3.8) is 0 Å². The Morgan fingerprint density at radius 3 is 3.06 bits per heavy atom. The van der Waals surface area contributed by atoms with Crippen molar-refractivity contribution in [3.8, 4) is 0 Å². The fourth-order valence-corrected chi connectivity index (χ4v) is 2.25. The van der Waals surface area contributed by atoms with Gasteiger partial charge in [-0.05, 0) is 25.5 Å². The van der Waals surface area contributed by atoms with Gasteiger partial charge in [-0.15, -0.1) is 0 Å². The van der Waals surface area contributed by atoms with Gasteiger partial charge in [0.2, 0.25) is 0 Å². The summed E-state index contributed by atoms with van der Waals surface area (Å²) in [5.74, 6) is 0.777. The number of nitrogens with two attached hydrogens (primary N) is 1. The lowest BCUT2D eigenvalue weighted by Gasteiger charge is -2.39. The number of ether oxygens (including phenoxy) is 1. The number of pyridine rings is 1. The first-order valence-electron chi connectivity index (χ1n) is 5.92. The van der Waals surface area contributed by atoms with E-state index in [1.807, 2.05) is 0 Å². The molecule has 0 aromatic carbocycles. The molecule has 94 valence electrons. The normalized spacial score (nSPS) is 25.0. The zero-order valence-corrected chi connectivity index (χ0v) is 10.9. The van der Waals surface area contributed by atoms with Gasteiger partial charge in [-0.25, -0.2) is 4.98 Å². The minimum absolute atomic E-state index is 0.193. The molecule has 1 aromatic rings. The number of hydrogen-bond donors (Lipinski definition) is 1. The lowest BCUT2D eigenvalue weighted by Crippen LogP contribution is -2.49. The predicted octanol–water partition coefficient (Wildman–Crippen LogP) is 2.32. The molecule has 1 aromatic heterocycles. The van der Waals surface area contributed by atoms with Crippen LogP contribution in [0.1, 0.15) is 20.3 Å². The number of rotatable bonds is 2. The summed E-state index contributed by atoms with van der Waals surface area (Å²) in [5.41, 5.74) is 6.65. The summed E-state index contributed by atoms with van der Waals surface area (Å²) in [7, 11) is 0. The maximum absolute atomic E-state index is 5.98. The molecule has 1 fully saturated rings. The molecule has 0 radical (unpaired) electrons. The number of anilines is 2. The molecule has 1 aliphatic heterocycles. The van der Waals surface area contributed by atoms with Crippen LogP contribution >= 0.6 is 11.6 Å². The zero-order valence-electron chi connectivity index (χ0n) is 10.2. The number of aromatic nitrogens is 1. The third kappa shape index (κ3) is 2.64. The molecule has 0 aliphatic carbocycles. The molecule has 2 N–H and O–H groups in total. The van der Waals surface area contributed by atoms with Crippen molar-refractivity contribution >= 4 is 23.1 Å². The highest BCUT2D eigenvalue weighted by Gasteiger charge is 2.27. The van der Waals surface area contributed by atoms with Gasteiger partial charge in [0, 0.05) is 6.54 Å². The Morgan fingerprint density at radius 2 is 2.35 bits per heavy atom. The quantitative estimate of drug-likeness (QED) is 0.824. The van der Waals surface area contributed by atoms with Gasteiger partial charge < -0.3 is 15.4 Å². The van der Waals surface area contributed by atoms with E-state index in [9.17, 15) is 0 Å². The summed E-state index contributed by atoms with van der Waals surface area (Å²) < 4.78 is 5.66. The summed E-state index contributed by atoms with van der Waals surface area (Å²) in [6.07, 6.45) is 1.19. The predicted molar refractivity (Wildman–Crippen MR) is 70.5 cm³/mol. The molecule has 2 atom stereocenters. The van der Waals surface area contributed by atoms with E-state index in [0.29, 0.717) is 23.5 Å². The molecule has 0 spiro atoms. The molecular formula is C12H18ClN3O. The van der Waals surface area contributed by atoms with E-state index in [1.165, 1.54) is 0 Å². The van der Waals surface area contributed by atoms with Crippen LogP contribution in [-0.4, -0.2) is 30.3 Å². The van der Waals surface area contributed by atoms with Gasteiger partial charge in [0.05, 0.1) is 24.4 Å². The van der Waals surface area contributed by atoms with Gasteiger partial charge in [0.15, 0.2) is 5.82 Å². The molecule has 2 unspecified atom stereocenters. The lowest BCUT2D eigenvalue weighted by molar-refractivity contribution is 0.0297. The van der Waals surface area contributed by atoms with Crippen molar-refractivity contribution in [1.29, 1.82) is 0 Å². The minimum Gasteiger partial charge on any atom is -0.396 e. The van der Waals surface area contributed by atoms with E-state index in [2.05, 4.69) is 23.7 Å². The number of halogens is 1. The average molecular weight is 256 g/mol. The summed E-state index contributed by atoms with van der Waals surface area (Å²) in [6, 6.07) is 3.84. The van der Waals surface area contributed by atoms with Crippen LogP contribution in [-0.2, 0) is 4.74 Å². The van der Waals surface area contributed by atoms with Crippen LogP contribution in [0, 0.1) is 0 Å². The Balaban J connectivity index is 2.31. The fourth-order valence-electron chi connectivity index (χ4n) is 2.11. The molecule has 2 heterocycles. The first kappa shape index (κ1) is 12.5. The summed E-state index contributed by atoms with van der Waals surface area (Å²) in [5, 5.41) is 0.475. The molecular weight excluding hydrogens is 238 g/mol. The van der Waals surface area contributed by atoms with E-state index >= 15 is 0 Å². The molecule has 17 heavy (non-hydrogen) atoms. The van der Waals surface area contributed by atoms with Crippen molar-refractivity contribution in [1.82, 2.24) is 4.98 Å². The highest BCUT2D eigenvalue weighted by molar-refractivity contribution is 6.29. The van der Waals surface area contributed by atoms with Gasteiger partial charge in [-0.2, -0.15) is 0 Å². The molecule has 1 saturated heterocycles. The first-order valence-corrected chi connectivity index (χ1v) is 6.30.